The van der Waals surface area contributed by atoms with E-state index in [0.29, 0.717) is 31.5 Å². The zero-order valence-corrected chi connectivity index (χ0v) is 16.2. The summed E-state index contributed by atoms with van der Waals surface area (Å²) in [5, 5.41) is 2.78. The molecule has 5 rings (SSSR count). The van der Waals surface area contributed by atoms with Gasteiger partial charge in [-0.05, 0) is 76.5 Å². The second kappa shape index (κ2) is 6.61. The van der Waals surface area contributed by atoms with Crippen LogP contribution in [0, 0.1) is 29.6 Å². The standard InChI is InChI=1S/C20H32N2O4/c1-20(2,3)26-18(23)21-9-14-10-22(11-14)19(24)25-17-15-5-12-4-13(7-15)8-16(17)6-12/h12-17H,4-11H2,1-3H3,(H,21,23). The first-order valence-corrected chi connectivity index (χ1v) is 10.2. The molecule has 5 fully saturated rings. The number of hydrogen-bond donors (Lipinski definition) is 1. The lowest BCUT2D eigenvalue weighted by atomic mass is 9.55. The first-order chi connectivity index (χ1) is 12.3. The molecular formula is C20H32N2O4. The molecule has 4 saturated carbocycles. The van der Waals surface area contributed by atoms with E-state index in [-0.39, 0.29) is 18.1 Å². The molecule has 2 amide bonds. The number of carbonyl (C=O) groups excluding carboxylic acids is 2. The van der Waals surface area contributed by atoms with E-state index >= 15 is 0 Å². The molecule has 1 aliphatic heterocycles. The van der Waals surface area contributed by atoms with Crippen molar-refractivity contribution < 1.29 is 19.1 Å². The van der Waals surface area contributed by atoms with E-state index in [1.807, 2.05) is 20.8 Å². The van der Waals surface area contributed by atoms with Gasteiger partial charge < -0.3 is 19.7 Å². The second-order valence-corrected chi connectivity index (χ2v) is 9.93. The summed E-state index contributed by atoms with van der Waals surface area (Å²) in [6.07, 6.45) is 6.03. The van der Waals surface area contributed by atoms with Crippen LogP contribution in [0.4, 0.5) is 9.59 Å². The van der Waals surface area contributed by atoms with E-state index in [1.165, 1.54) is 32.1 Å². The van der Waals surface area contributed by atoms with Crippen LogP contribution in [0.25, 0.3) is 0 Å². The molecule has 1 N–H and O–H groups in total. The van der Waals surface area contributed by atoms with Gasteiger partial charge in [0.25, 0.3) is 0 Å². The zero-order valence-electron chi connectivity index (χ0n) is 16.2. The number of alkyl carbamates (subject to hydrolysis) is 1. The third kappa shape index (κ3) is 3.79. The molecule has 5 aliphatic rings. The molecule has 146 valence electrons. The van der Waals surface area contributed by atoms with Crippen LogP contribution in [0.3, 0.4) is 0 Å². The van der Waals surface area contributed by atoms with E-state index < -0.39 is 11.7 Å². The summed E-state index contributed by atoms with van der Waals surface area (Å²) in [6.45, 7) is 7.38. The first-order valence-electron chi connectivity index (χ1n) is 10.2. The number of nitrogens with one attached hydrogen (secondary N) is 1. The van der Waals surface area contributed by atoms with Gasteiger partial charge in [0, 0.05) is 25.6 Å². The summed E-state index contributed by atoms with van der Waals surface area (Å²) in [7, 11) is 0. The highest BCUT2D eigenvalue weighted by atomic mass is 16.6. The van der Waals surface area contributed by atoms with Gasteiger partial charge in [-0.2, -0.15) is 0 Å². The van der Waals surface area contributed by atoms with Crippen LogP contribution in [0.1, 0.15) is 52.9 Å². The molecule has 0 spiro atoms. The van der Waals surface area contributed by atoms with Gasteiger partial charge in [0.2, 0.25) is 0 Å². The van der Waals surface area contributed by atoms with Gasteiger partial charge in [-0.1, -0.05) is 0 Å². The molecule has 1 heterocycles. The number of carbonyl (C=O) groups is 2. The fraction of sp³-hybridized carbons (Fsp3) is 0.900. The topological polar surface area (TPSA) is 67.9 Å². The van der Waals surface area contributed by atoms with E-state index in [9.17, 15) is 9.59 Å². The predicted molar refractivity (Wildman–Crippen MR) is 96.6 cm³/mol. The smallest absolute Gasteiger partial charge is 0.410 e. The Balaban J connectivity index is 1.18. The fourth-order valence-corrected chi connectivity index (χ4v) is 5.65. The number of likely N-dealkylation sites (tertiary alicyclic amines) is 1. The molecule has 0 radical (unpaired) electrons. The first kappa shape index (κ1) is 17.9. The van der Waals surface area contributed by atoms with E-state index in [0.717, 1.165) is 11.8 Å². The van der Waals surface area contributed by atoms with Gasteiger partial charge in [-0.15, -0.1) is 0 Å². The van der Waals surface area contributed by atoms with Gasteiger partial charge in [0.1, 0.15) is 11.7 Å². The highest BCUT2D eigenvalue weighted by molar-refractivity contribution is 5.69. The van der Waals surface area contributed by atoms with E-state index in [2.05, 4.69) is 5.32 Å². The maximum absolute atomic E-state index is 12.5. The van der Waals surface area contributed by atoms with Gasteiger partial charge >= 0.3 is 12.2 Å². The molecule has 0 atom stereocenters. The Morgan fingerprint density at radius 3 is 2.12 bits per heavy atom. The second-order valence-electron chi connectivity index (χ2n) is 9.93. The van der Waals surface area contributed by atoms with Gasteiger partial charge in [0.15, 0.2) is 0 Å². The van der Waals surface area contributed by atoms with E-state index in [4.69, 9.17) is 9.47 Å². The molecule has 6 heteroatoms. The average molecular weight is 364 g/mol. The molecular weight excluding hydrogens is 332 g/mol. The SMILES string of the molecule is CC(C)(C)OC(=O)NCC1CN(C(=O)OC2C3CC4CC(C3)CC2C4)C1. The molecule has 26 heavy (non-hydrogen) atoms. The van der Waals surface area contributed by atoms with Gasteiger partial charge in [-0.25, -0.2) is 9.59 Å². The highest BCUT2D eigenvalue weighted by Crippen LogP contribution is 2.54. The molecule has 0 unspecified atom stereocenters. The Bertz CT molecular complexity index is 537. The number of amides is 2. The van der Waals surface area contributed by atoms with Crippen LogP contribution in [0.5, 0.6) is 0 Å². The Morgan fingerprint density at radius 2 is 1.58 bits per heavy atom. The minimum absolute atomic E-state index is 0.147. The Kier molecular flexibility index (Phi) is 4.56. The Morgan fingerprint density at radius 1 is 1.00 bits per heavy atom. The average Bonchev–Trinajstić information content (AvgIpc) is 2.46. The highest BCUT2D eigenvalue weighted by Gasteiger charge is 2.50. The van der Waals surface area contributed by atoms with Crippen molar-refractivity contribution in [2.24, 2.45) is 29.6 Å². The van der Waals surface area contributed by atoms with Gasteiger partial charge in [0.05, 0.1) is 0 Å². The monoisotopic (exact) mass is 364 g/mol. The maximum atomic E-state index is 12.5. The minimum Gasteiger partial charge on any atom is -0.446 e. The third-order valence-electron chi connectivity index (χ3n) is 6.53. The van der Waals surface area contributed by atoms with Crippen molar-refractivity contribution in [2.45, 2.75) is 64.6 Å². The van der Waals surface area contributed by atoms with Crippen LogP contribution in [0.15, 0.2) is 0 Å². The molecule has 0 aromatic rings. The van der Waals surface area contributed by atoms with Crippen LogP contribution >= 0.6 is 0 Å². The van der Waals surface area contributed by atoms with Crippen molar-refractivity contribution in [3.63, 3.8) is 0 Å². The van der Waals surface area contributed by atoms with Crippen molar-refractivity contribution in [3.8, 4) is 0 Å². The van der Waals surface area contributed by atoms with Crippen molar-refractivity contribution in [1.29, 1.82) is 0 Å². The fourth-order valence-electron chi connectivity index (χ4n) is 5.65. The van der Waals surface area contributed by atoms with Gasteiger partial charge in [-0.3, -0.25) is 0 Å². The minimum atomic E-state index is -0.488. The quantitative estimate of drug-likeness (QED) is 0.833. The summed E-state index contributed by atoms with van der Waals surface area (Å²) in [5.74, 6) is 3.26. The maximum Gasteiger partial charge on any atom is 0.410 e. The summed E-state index contributed by atoms with van der Waals surface area (Å²) < 4.78 is 11.2. The zero-order chi connectivity index (χ0) is 18.5. The van der Waals surface area contributed by atoms with Crippen molar-refractivity contribution in [2.75, 3.05) is 19.6 Å². The number of rotatable bonds is 3. The summed E-state index contributed by atoms with van der Waals surface area (Å²) in [5.41, 5.74) is -0.488. The lowest BCUT2D eigenvalue weighted by molar-refractivity contribution is -0.107. The Hall–Kier alpha value is -1.46. The lowest BCUT2D eigenvalue weighted by Gasteiger charge is -2.54. The molecule has 1 saturated heterocycles. The van der Waals surface area contributed by atoms with Crippen molar-refractivity contribution in [3.05, 3.63) is 0 Å². The molecule has 4 aliphatic carbocycles. The molecule has 0 aromatic heterocycles. The van der Waals surface area contributed by atoms with Crippen LogP contribution < -0.4 is 5.32 Å². The van der Waals surface area contributed by atoms with Crippen molar-refractivity contribution in [1.82, 2.24) is 10.2 Å². The van der Waals surface area contributed by atoms with Crippen LogP contribution in [0.2, 0.25) is 0 Å². The predicted octanol–water partition coefficient (Wildman–Crippen LogP) is 3.40. The molecule has 0 aromatic carbocycles. The summed E-state index contributed by atoms with van der Waals surface area (Å²) in [4.78, 5) is 25.9. The molecule has 6 nitrogen and oxygen atoms in total. The van der Waals surface area contributed by atoms with Crippen LogP contribution in [-0.4, -0.2) is 48.4 Å². The number of ether oxygens (including phenoxy) is 2. The van der Waals surface area contributed by atoms with E-state index in [1.54, 1.807) is 4.90 Å². The number of hydrogen-bond acceptors (Lipinski definition) is 4. The Labute approximate surface area is 156 Å². The summed E-state index contributed by atoms with van der Waals surface area (Å²) >= 11 is 0. The number of nitrogens with zero attached hydrogens (tertiary/aromatic N) is 1. The third-order valence-corrected chi connectivity index (χ3v) is 6.53. The van der Waals surface area contributed by atoms with Crippen molar-refractivity contribution >= 4 is 12.2 Å². The lowest BCUT2D eigenvalue weighted by Crippen LogP contribution is -2.56. The molecule has 4 bridgehead atoms. The largest absolute Gasteiger partial charge is 0.446 e. The normalized spacial score (nSPS) is 35.8. The van der Waals surface area contributed by atoms with Crippen LogP contribution in [-0.2, 0) is 9.47 Å². The summed E-state index contributed by atoms with van der Waals surface area (Å²) in [6, 6.07) is 0.